The van der Waals surface area contributed by atoms with Crippen molar-refractivity contribution in [2.45, 2.75) is 51.4 Å². The zero-order valence-corrected chi connectivity index (χ0v) is 23.6. The molecule has 0 aliphatic carbocycles. The second-order valence-corrected chi connectivity index (χ2v) is 9.98. The lowest BCUT2D eigenvalue weighted by molar-refractivity contribution is -0.138. The summed E-state index contributed by atoms with van der Waals surface area (Å²) in [4.78, 5) is 60.0. The highest BCUT2D eigenvalue weighted by atomic mass is 16.6. The third-order valence-electron chi connectivity index (χ3n) is 7.42. The molecule has 2 atom stereocenters. The second kappa shape index (κ2) is 11.4. The number of carbonyl (C=O) groups excluding carboxylic acids is 4. The van der Waals surface area contributed by atoms with Crippen LogP contribution in [0.3, 0.4) is 0 Å². The Morgan fingerprint density at radius 3 is 2.31 bits per heavy atom. The van der Waals surface area contributed by atoms with Crippen LogP contribution in [0, 0.1) is 0 Å². The molecule has 14 heteroatoms. The molecule has 2 aliphatic rings. The number of H-pyrrole nitrogens is 1. The van der Waals surface area contributed by atoms with E-state index >= 15 is 0 Å². The number of aromatic nitrogens is 4. The van der Waals surface area contributed by atoms with Gasteiger partial charge in [0, 0.05) is 18.5 Å². The molecule has 5 amide bonds. The smallest absolute Gasteiger partial charge is 0.424 e. The van der Waals surface area contributed by atoms with Crippen LogP contribution in [0.1, 0.15) is 38.7 Å². The molecule has 42 heavy (non-hydrogen) atoms. The molecule has 0 bridgehead atoms. The van der Waals surface area contributed by atoms with Gasteiger partial charge in [-0.1, -0.05) is 61.9 Å². The van der Waals surface area contributed by atoms with E-state index in [9.17, 15) is 19.2 Å². The minimum absolute atomic E-state index is 0.223. The number of ether oxygens (including phenoxy) is 2. The SMILES string of the molecule is CCCCC1=NC2(C)C(C(=O)N(C(=O)OC)C(=O)N2C(=O)OC)N1Cc1ccc(-c2ccccc2-c2nnn[nH]2)cc1. The molecule has 2 aliphatic heterocycles. The number of nitrogens with one attached hydrogen (secondary N) is 1. The van der Waals surface area contributed by atoms with Crippen LogP contribution in [0.4, 0.5) is 14.4 Å². The van der Waals surface area contributed by atoms with E-state index in [0.29, 0.717) is 27.9 Å². The first-order valence-corrected chi connectivity index (χ1v) is 13.4. The van der Waals surface area contributed by atoms with E-state index in [1.54, 1.807) is 4.90 Å². The molecule has 14 nitrogen and oxygen atoms in total. The predicted octanol–water partition coefficient (Wildman–Crippen LogP) is 3.82. The highest BCUT2D eigenvalue weighted by Gasteiger charge is 2.64. The number of unbranched alkanes of at least 4 members (excludes halogenated alkanes) is 1. The van der Waals surface area contributed by atoms with Crippen molar-refractivity contribution >= 4 is 30.0 Å². The molecule has 0 spiro atoms. The number of nitrogens with zero attached hydrogens (tertiary/aromatic N) is 7. The fraction of sp³-hybridized carbons (Fsp3) is 0.357. The fourth-order valence-electron chi connectivity index (χ4n) is 5.41. The van der Waals surface area contributed by atoms with Gasteiger partial charge >= 0.3 is 18.2 Å². The maximum Gasteiger partial charge on any atom is 0.424 e. The fourth-order valence-corrected chi connectivity index (χ4v) is 5.41. The van der Waals surface area contributed by atoms with E-state index < -0.39 is 35.8 Å². The van der Waals surface area contributed by atoms with Crippen LogP contribution in [-0.4, -0.2) is 91.2 Å². The molecule has 218 valence electrons. The first-order chi connectivity index (χ1) is 20.2. The summed E-state index contributed by atoms with van der Waals surface area (Å²) in [6.07, 6.45) is -0.142. The number of methoxy groups -OCH3 is 2. The number of hydrogen-bond donors (Lipinski definition) is 1. The lowest BCUT2D eigenvalue weighted by atomic mass is 9.95. The molecule has 3 aromatic rings. The summed E-state index contributed by atoms with van der Waals surface area (Å²) in [6, 6.07) is 13.1. The maximum atomic E-state index is 13.8. The van der Waals surface area contributed by atoms with Crippen LogP contribution in [0.2, 0.25) is 0 Å². The molecule has 1 aromatic heterocycles. The number of amides is 5. The van der Waals surface area contributed by atoms with Gasteiger partial charge in [0.05, 0.1) is 14.2 Å². The van der Waals surface area contributed by atoms with Gasteiger partial charge in [-0.05, 0) is 40.5 Å². The molecule has 2 aromatic carbocycles. The highest BCUT2D eigenvalue weighted by Crippen LogP contribution is 2.40. The second-order valence-electron chi connectivity index (χ2n) is 9.98. The van der Waals surface area contributed by atoms with Crippen molar-refractivity contribution in [3.8, 4) is 22.5 Å². The van der Waals surface area contributed by atoms with Gasteiger partial charge in [0.2, 0.25) is 0 Å². The summed E-state index contributed by atoms with van der Waals surface area (Å²) in [5.74, 6) is 0.243. The van der Waals surface area contributed by atoms with E-state index in [-0.39, 0.29) is 6.54 Å². The van der Waals surface area contributed by atoms with Gasteiger partial charge in [-0.15, -0.1) is 5.10 Å². The number of imide groups is 4. The van der Waals surface area contributed by atoms with E-state index in [1.165, 1.54) is 6.92 Å². The largest absolute Gasteiger partial charge is 0.452 e. The predicted molar refractivity (Wildman–Crippen MR) is 149 cm³/mol. The summed E-state index contributed by atoms with van der Waals surface area (Å²) in [7, 11) is 2.16. The Kier molecular flexibility index (Phi) is 7.70. The number of aromatic amines is 1. The Morgan fingerprint density at radius 2 is 1.69 bits per heavy atom. The quantitative estimate of drug-likeness (QED) is 0.439. The van der Waals surface area contributed by atoms with Gasteiger partial charge in [-0.2, -0.15) is 9.80 Å². The third kappa shape index (κ3) is 4.74. The molecule has 1 fully saturated rings. The Hall–Kier alpha value is -5.14. The summed E-state index contributed by atoms with van der Waals surface area (Å²) in [5.41, 5.74) is 1.88. The number of benzene rings is 2. The summed E-state index contributed by atoms with van der Waals surface area (Å²) < 4.78 is 9.57. The summed E-state index contributed by atoms with van der Waals surface area (Å²) in [6.45, 7) is 3.76. The van der Waals surface area contributed by atoms with E-state index in [4.69, 9.17) is 14.5 Å². The molecular formula is C28H30N8O6. The van der Waals surface area contributed by atoms with Crippen molar-refractivity contribution in [1.29, 1.82) is 0 Å². The van der Waals surface area contributed by atoms with Crippen LogP contribution < -0.4 is 0 Å². The average Bonchev–Trinajstić information content (AvgIpc) is 3.63. The van der Waals surface area contributed by atoms with Crippen molar-refractivity contribution in [1.82, 2.24) is 35.3 Å². The van der Waals surface area contributed by atoms with E-state index in [0.717, 1.165) is 49.3 Å². The molecule has 0 saturated carbocycles. The lowest BCUT2D eigenvalue weighted by Gasteiger charge is -2.45. The van der Waals surface area contributed by atoms with Gasteiger partial charge in [-0.3, -0.25) is 4.79 Å². The van der Waals surface area contributed by atoms with Crippen LogP contribution in [-0.2, 0) is 20.8 Å². The number of hydrogen-bond acceptors (Lipinski definition) is 11. The lowest BCUT2D eigenvalue weighted by Crippen LogP contribution is -2.73. The normalized spacial score (nSPS) is 20.0. The zero-order valence-electron chi connectivity index (χ0n) is 23.6. The van der Waals surface area contributed by atoms with Crippen LogP contribution in [0.25, 0.3) is 22.5 Å². The number of rotatable bonds is 7. The van der Waals surface area contributed by atoms with E-state index in [1.807, 2.05) is 55.5 Å². The number of aliphatic imine (C=N–C) groups is 1. The van der Waals surface area contributed by atoms with Gasteiger partial charge in [-0.25, -0.2) is 24.5 Å². The number of tetrazole rings is 1. The molecule has 0 radical (unpaired) electrons. The number of urea groups is 1. The van der Waals surface area contributed by atoms with E-state index in [2.05, 4.69) is 20.6 Å². The van der Waals surface area contributed by atoms with Gasteiger partial charge in [0.15, 0.2) is 17.5 Å². The number of carbonyl (C=O) groups is 4. The Labute approximate surface area is 241 Å². The van der Waals surface area contributed by atoms with Crippen molar-refractivity contribution in [2.24, 2.45) is 4.99 Å². The molecular weight excluding hydrogens is 544 g/mol. The third-order valence-corrected chi connectivity index (χ3v) is 7.42. The number of fused-ring (bicyclic) bond motifs is 1. The summed E-state index contributed by atoms with van der Waals surface area (Å²) in [5, 5.41) is 14.2. The maximum absolute atomic E-state index is 13.8. The van der Waals surface area contributed by atoms with Crippen molar-refractivity contribution in [3.05, 3.63) is 54.1 Å². The molecule has 5 rings (SSSR count). The first-order valence-electron chi connectivity index (χ1n) is 13.4. The Morgan fingerprint density at radius 1 is 1.00 bits per heavy atom. The van der Waals surface area contributed by atoms with Gasteiger partial charge in [0.1, 0.15) is 5.84 Å². The molecule has 1 saturated heterocycles. The first kappa shape index (κ1) is 28.4. The molecule has 1 N–H and O–H groups in total. The van der Waals surface area contributed by atoms with Gasteiger partial charge in [0.25, 0.3) is 5.91 Å². The monoisotopic (exact) mass is 574 g/mol. The van der Waals surface area contributed by atoms with Crippen molar-refractivity contribution in [2.75, 3.05) is 14.2 Å². The van der Waals surface area contributed by atoms with Crippen molar-refractivity contribution < 1.29 is 28.7 Å². The van der Waals surface area contributed by atoms with Crippen molar-refractivity contribution in [3.63, 3.8) is 0 Å². The Bertz CT molecular complexity index is 1540. The highest BCUT2D eigenvalue weighted by molar-refractivity contribution is 6.17. The molecule has 3 heterocycles. The number of amidine groups is 1. The van der Waals surface area contributed by atoms with Crippen LogP contribution in [0.15, 0.2) is 53.5 Å². The zero-order chi connectivity index (χ0) is 30.0. The standard InChI is InChI=1S/C28H30N8O6/c1-5-6-11-21-29-28(2)22(24(37)35(26(39)41-3)25(38)36(28)27(40)42-4)34(21)16-17-12-14-18(15-13-17)19-9-7-8-10-20(19)23-30-32-33-31-23/h7-10,12-15,22H,5-6,11,16H2,1-4H3,(H,30,31,32,33). The molecule has 2 unspecified atom stereocenters. The van der Waals surface area contributed by atoms with Crippen LogP contribution >= 0.6 is 0 Å². The van der Waals surface area contributed by atoms with Crippen LogP contribution in [0.5, 0.6) is 0 Å². The Balaban J connectivity index is 1.51. The summed E-state index contributed by atoms with van der Waals surface area (Å²) >= 11 is 0. The minimum Gasteiger partial charge on any atom is -0.452 e. The average molecular weight is 575 g/mol. The van der Waals surface area contributed by atoms with Gasteiger partial charge < -0.3 is 14.4 Å². The topological polar surface area (TPSA) is 163 Å². The minimum atomic E-state index is -1.64.